The van der Waals surface area contributed by atoms with Crippen molar-refractivity contribution in [1.82, 2.24) is 0 Å². The van der Waals surface area contributed by atoms with Crippen molar-refractivity contribution < 1.29 is 14.7 Å². The fraction of sp³-hybridized carbons (Fsp3) is 0.273. The molecule has 2 amide bonds. The van der Waals surface area contributed by atoms with Gasteiger partial charge in [0.05, 0.1) is 25.1 Å². The summed E-state index contributed by atoms with van der Waals surface area (Å²) in [7, 11) is 0. The molecular weight excluding hydrogens is 208 g/mol. The summed E-state index contributed by atoms with van der Waals surface area (Å²) in [5.41, 5.74) is 7.52. The standard InChI is InChI=1S/C11H12N2O3/c12-8-1-2-9-7(5-8)6-11(16)13(9)10(15)3-4-14/h1-2,5,14H,3-4,6,12H2. The van der Waals surface area contributed by atoms with Crippen molar-refractivity contribution in [2.24, 2.45) is 0 Å². The molecule has 0 atom stereocenters. The molecule has 0 saturated heterocycles. The number of aliphatic hydroxyl groups is 1. The Morgan fingerprint density at radius 3 is 2.94 bits per heavy atom. The lowest BCUT2D eigenvalue weighted by Gasteiger charge is -2.14. The fourth-order valence-corrected chi connectivity index (χ4v) is 1.82. The number of rotatable bonds is 2. The van der Waals surface area contributed by atoms with Crippen molar-refractivity contribution in [3.63, 3.8) is 0 Å². The minimum atomic E-state index is -0.379. The second kappa shape index (κ2) is 3.94. The van der Waals surface area contributed by atoms with Crippen LogP contribution in [0, 0.1) is 0 Å². The van der Waals surface area contributed by atoms with Gasteiger partial charge in [-0.3, -0.25) is 9.59 Å². The van der Waals surface area contributed by atoms with Crippen LogP contribution in [0.15, 0.2) is 18.2 Å². The van der Waals surface area contributed by atoms with Crippen molar-refractivity contribution in [2.45, 2.75) is 12.8 Å². The van der Waals surface area contributed by atoms with Crippen LogP contribution in [-0.4, -0.2) is 23.5 Å². The Balaban J connectivity index is 2.36. The predicted molar refractivity (Wildman–Crippen MR) is 58.8 cm³/mol. The number of nitrogens with zero attached hydrogens (tertiary/aromatic N) is 1. The van der Waals surface area contributed by atoms with Gasteiger partial charge in [-0.25, -0.2) is 4.90 Å². The van der Waals surface area contributed by atoms with Crippen LogP contribution in [0.1, 0.15) is 12.0 Å². The van der Waals surface area contributed by atoms with Crippen LogP contribution in [0.4, 0.5) is 11.4 Å². The van der Waals surface area contributed by atoms with Crippen LogP contribution in [0.5, 0.6) is 0 Å². The van der Waals surface area contributed by atoms with Gasteiger partial charge >= 0.3 is 0 Å². The topological polar surface area (TPSA) is 83.6 Å². The molecule has 1 aromatic rings. The first kappa shape index (κ1) is 10.6. The molecule has 1 aliphatic rings. The highest BCUT2D eigenvalue weighted by Gasteiger charge is 2.31. The average molecular weight is 220 g/mol. The van der Waals surface area contributed by atoms with E-state index in [1.54, 1.807) is 18.2 Å². The Labute approximate surface area is 92.5 Å². The number of nitrogens with two attached hydrogens (primary N) is 1. The highest BCUT2D eigenvalue weighted by atomic mass is 16.3. The molecule has 84 valence electrons. The van der Waals surface area contributed by atoms with Crippen molar-refractivity contribution in [1.29, 1.82) is 0 Å². The Bertz CT molecular complexity index is 457. The number of fused-ring (bicyclic) bond motifs is 1. The average Bonchev–Trinajstić information content (AvgIpc) is 2.53. The molecule has 0 aromatic heterocycles. The van der Waals surface area contributed by atoms with Gasteiger partial charge in [0.2, 0.25) is 11.8 Å². The van der Waals surface area contributed by atoms with E-state index in [9.17, 15) is 9.59 Å². The summed E-state index contributed by atoms with van der Waals surface area (Å²) in [6.45, 7) is -0.257. The number of amides is 2. The molecule has 0 fully saturated rings. The summed E-state index contributed by atoms with van der Waals surface area (Å²) in [4.78, 5) is 24.4. The lowest BCUT2D eigenvalue weighted by Crippen LogP contribution is -2.34. The van der Waals surface area contributed by atoms with Gasteiger partial charge in [-0.15, -0.1) is 0 Å². The van der Waals surface area contributed by atoms with E-state index in [0.717, 1.165) is 10.5 Å². The zero-order chi connectivity index (χ0) is 11.7. The first-order valence-electron chi connectivity index (χ1n) is 4.98. The molecule has 0 aliphatic carbocycles. The van der Waals surface area contributed by atoms with Gasteiger partial charge < -0.3 is 10.8 Å². The molecule has 5 heteroatoms. The lowest BCUT2D eigenvalue weighted by atomic mass is 10.1. The molecule has 0 radical (unpaired) electrons. The SMILES string of the molecule is Nc1ccc2c(c1)CC(=O)N2C(=O)CCO. The third-order valence-electron chi connectivity index (χ3n) is 2.51. The number of hydrogen-bond donors (Lipinski definition) is 2. The van der Waals surface area contributed by atoms with Gasteiger partial charge in [0.25, 0.3) is 0 Å². The fourth-order valence-electron chi connectivity index (χ4n) is 1.82. The maximum atomic E-state index is 11.6. The number of hydrogen-bond acceptors (Lipinski definition) is 4. The quantitative estimate of drug-likeness (QED) is 0.691. The van der Waals surface area contributed by atoms with Crippen LogP contribution >= 0.6 is 0 Å². The third-order valence-corrected chi connectivity index (χ3v) is 2.51. The van der Waals surface area contributed by atoms with Crippen molar-refractivity contribution >= 4 is 23.2 Å². The molecule has 1 aromatic carbocycles. The molecule has 1 aliphatic heterocycles. The van der Waals surface area contributed by atoms with Crippen molar-refractivity contribution in [2.75, 3.05) is 17.2 Å². The van der Waals surface area contributed by atoms with Crippen LogP contribution in [0.2, 0.25) is 0 Å². The zero-order valence-corrected chi connectivity index (χ0v) is 8.64. The Morgan fingerprint density at radius 2 is 2.25 bits per heavy atom. The number of benzene rings is 1. The van der Waals surface area contributed by atoms with E-state index in [-0.39, 0.29) is 31.3 Å². The first-order valence-corrected chi connectivity index (χ1v) is 4.98. The predicted octanol–water partition coefficient (Wildman–Crippen LogP) is 0.0669. The molecule has 2 rings (SSSR count). The van der Waals surface area contributed by atoms with Crippen molar-refractivity contribution in [3.05, 3.63) is 23.8 Å². The second-order valence-corrected chi connectivity index (χ2v) is 3.66. The number of nitrogen functional groups attached to an aromatic ring is 1. The molecule has 1 heterocycles. The van der Waals surface area contributed by atoms with Crippen LogP contribution in [-0.2, 0) is 16.0 Å². The van der Waals surface area contributed by atoms with Crippen LogP contribution in [0.25, 0.3) is 0 Å². The van der Waals surface area contributed by atoms with Gasteiger partial charge in [-0.05, 0) is 23.8 Å². The number of carbonyl (C=O) groups excluding carboxylic acids is 2. The molecule has 0 saturated carbocycles. The maximum Gasteiger partial charge on any atom is 0.238 e. The van der Waals surface area contributed by atoms with E-state index in [1.165, 1.54) is 0 Å². The van der Waals surface area contributed by atoms with E-state index >= 15 is 0 Å². The minimum Gasteiger partial charge on any atom is -0.399 e. The summed E-state index contributed by atoms with van der Waals surface area (Å²) in [6.07, 6.45) is 0.146. The molecule has 0 unspecified atom stereocenters. The molecule has 3 N–H and O–H groups in total. The van der Waals surface area contributed by atoms with Gasteiger partial charge in [0.1, 0.15) is 0 Å². The smallest absolute Gasteiger partial charge is 0.238 e. The van der Waals surface area contributed by atoms with Gasteiger partial charge in [-0.1, -0.05) is 0 Å². The van der Waals surface area contributed by atoms with Gasteiger partial charge in [0.15, 0.2) is 0 Å². The van der Waals surface area contributed by atoms with E-state index in [4.69, 9.17) is 10.8 Å². The molecule has 16 heavy (non-hydrogen) atoms. The summed E-state index contributed by atoms with van der Waals surface area (Å²) >= 11 is 0. The molecule has 0 spiro atoms. The summed E-state index contributed by atoms with van der Waals surface area (Å²) < 4.78 is 0. The van der Waals surface area contributed by atoms with E-state index < -0.39 is 0 Å². The zero-order valence-electron chi connectivity index (χ0n) is 8.64. The monoisotopic (exact) mass is 220 g/mol. The maximum absolute atomic E-state index is 11.6. The Kier molecular flexibility index (Phi) is 2.62. The second-order valence-electron chi connectivity index (χ2n) is 3.66. The minimum absolute atomic E-state index is 0.0461. The Hall–Kier alpha value is -1.88. The number of carbonyl (C=O) groups is 2. The third kappa shape index (κ3) is 1.65. The van der Waals surface area contributed by atoms with E-state index in [2.05, 4.69) is 0 Å². The number of anilines is 2. The molecule has 0 bridgehead atoms. The van der Waals surface area contributed by atoms with Gasteiger partial charge in [-0.2, -0.15) is 0 Å². The highest BCUT2D eigenvalue weighted by molar-refractivity contribution is 6.19. The molecule has 5 nitrogen and oxygen atoms in total. The van der Waals surface area contributed by atoms with E-state index in [0.29, 0.717) is 11.4 Å². The Morgan fingerprint density at radius 1 is 1.50 bits per heavy atom. The van der Waals surface area contributed by atoms with Crippen LogP contribution < -0.4 is 10.6 Å². The van der Waals surface area contributed by atoms with Crippen molar-refractivity contribution in [3.8, 4) is 0 Å². The number of aliphatic hydroxyl groups excluding tert-OH is 1. The summed E-state index contributed by atoms with van der Waals surface area (Å²) in [5.74, 6) is -0.643. The summed E-state index contributed by atoms with van der Waals surface area (Å²) in [5, 5.41) is 8.70. The molecular formula is C11H12N2O3. The first-order chi connectivity index (χ1) is 7.63. The summed E-state index contributed by atoms with van der Waals surface area (Å²) in [6, 6.07) is 5.00. The number of imide groups is 1. The van der Waals surface area contributed by atoms with Gasteiger partial charge in [0, 0.05) is 5.69 Å². The van der Waals surface area contributed by atoms with Crippen LogP contribution in [0.3, 0.4) is 0 Å². The largest absolute Gasteiger partial charge is 0.399 e. The normalized spacial score (nSPS) is 14.1. The highest BCUT2D eigenvalue weighted by Crippen LogP contribution is 2.30. The van der Waals surface area contributed by atoms with E-state index in [1.807, 2.05) is 0 Å². The lowest BCUT2D eigenvalue weighted by molar-refractivity contribution is -0.125.